The number of rotatable bonds is 7. The van der Waals surface area contributed by atoms with Gasteiger partial charge in [-0.1, -0.05) is 18.2 Å². The molecule has 0 radical (unpaired) electrons. The van der Waals surface area contributed by atoms with Crippen molar-refractivity contribution in [3.63, 3.8) is 0 Å². The van der Waals surface area contributed by atoms with Gasteiger partial charge in [-0.15, -0.1) is 13.2 Å². The van der Waals surface area contributed by atoms with Gasteiger partial charge >= 0.3 is 6.18 Å². The van der Waals surface area contributed by atoms with Crippen molar-refractivity contribution in [3.05, 3.63) is 25.3 Å². The first-order valence-corrected chi connectivity index (χ1v) is 6.59. The maximum Gasteiger partial charge on any atom is 0.388 e. The molecule has 0 heterocycles. The quantitative estimate of drug-likeness (QED) is 0.457. The molecule has 0 unspecified atom stereocenters. The Hall–Kier alpha value is -0.513. The number of allylic oxidation sites excluding steroid dienone is 2. The van der Waals surface area contributed by atoms with Crippen LogP contribution in [-0.4, -0.2) is 15.7 Å². The van der Waals surface area contributed by atoms with E-state index in [2.05, 4.69) is 13.2 Å². The Morgan fingerprint density at radius 1 is 1.14 bits per heavy atom. The lowest BCUT2D eigenvalue weighted by Crippen LogP contribution is -2.10. The molecule has 0 atom stereocenters. The van der Waals surface area contributed by atoms with Crippen LogP contribution in [0.25, 0.3) is 0 Å². The highest BCUT2D eigenvalue weighted by atomic mass is 28.2. The van der Waals surface area contributed by atoms with E-state index in [0.717, 1.165) is 12.8 Å². The second kappa shape index (κ2) is 6.87. The SMILES string of the molecule is C=CCC(CC=C)[SiH2]CCC(F)(F)F. The number of halogens is 3. The second-order valence-corrected chi connectivity index (χ2v) is 5.86. The van der Waals surface area contributed by atoms with Gasteiger partial charge in [0.25, 0.3) is 0 Å². The molecule has 0 aliphatic rings. The van der Waals surface area contributed by atoms with Crippen molar-refractivity contribution in [2.75, 3.05) is 0 Å². The van der Waals surface area contributed by atoms with E-state index in [1.165, 1.54) is 0 Å². The fourth-order valence-electron chi connectivity index (χ4n) is 1.39. The predicted octanol–water partition coefficient (Wildman–Crippen LogP) is 3.47. The molecule has 4 heteroatoms. The van der Waals surface area contributed by atoms with Crippen LogP contribution in [0.15, 0.2) is 25.3 Å². The fraction of sp³-hybridized carbons (Fsp3) is 0.600. The minimum atomic E-state index is -3.99. The van der Waals surface area contributed by atoms with Crippen molar-refractivity contribution < 1.29 is 13.2 Å². The van der Waals surface area contributed by atoms with Crippen LogP contribution in [0.5, 0.6) is 0 Å². The van der Waals surface area contributed by atoms with Crippen LogP contribution in [0.3, 0.4) is 0 Å². The summed E-state index contributed by atoms with van der Waals surface area (Å²) in [5.41, 5.74) is 0.410. The molecule has 0 nitrogen and oxygen atoms in total. The molecule has 0 bridgehead atoms. The van der Waals surface area contributed by atoms with Gasteiger partial charge in [0.2, 0.25) is 0 Å². The molecule has 82 valence electrons. The molecule has 0 aliphatic heterocycles. The largest absolute Gasteiger partial charge is 0.388 e. The van der Waals surface area contributed by atoms with E-state index in [4.69, 9.17) is 0 Å². The zero-order valence-corrected chi connectivity index (χ0v) is 9.73. The van der Waals surface area contributed by atoms with Crippen LogP contribution < -0.4 is 0 Å². The molecule has 14 heavy (non-hydrogen) atoms. The number of hydrogen-bond donors (Lipinski definition) is 0. The standard InChI is InChI=1S/C10H17F3Si/c1-3-5-9(6-4-2)14-8-7-10(11,12)13/h3-4,9H,1-2,5-8,14H2. The van der Waals surface area contributed by atoms with E-state index < -0.39 is 22.1 Å². The Bertz CT molecular complexity index is 165. The van der Waals surface area contributed by atoms with E-state index in [1.54, 1.807) is 12.2 Å². The third-order valence-corrected chi connectivity index (χ3v) is 4.32. The Labute approximate surface area is 85.7 Å². The summed E-state index contributed by atoms with van der Waals surface area (Å²) in [6, 6.07) is 0.343. The highest BCUT2D eigenvalue weighted by Gasteiger charge is 2.26. The molecule has 0 aromatic carbocycles. The summed E-state index contributed by atoms with van der Waals surface area (Å²) in [5.74, 6) is 0. The van der Waals surface area contributed by atoms with Gasteiger partial charge in [-0.05, 0) is 18.4 Å². The van der Waals surface area contributed by atoms with Gasteiger partial charge in [0.05, 0.1) is 0 Å². The first-order valence-electron chi connectivity index (χ1n) is 4.78. The lowest BCUT2D eigenvalue weighted by Gasteiger charge is -2.12. The van der Waals surface area contributed by atoms with Crippen LogP contribution in [0.4, 0.5) is 13.2 Å². The smallest absolute Gasteiger partial charge is 0.171 e. The molecule has 0 amide bonds. The van der Waals surface area contributed by atoms with Gasteiger partial charge in [0.15, 0.2) is 0 Å². The van der Waals surface area contributed by atoms with Crippen molar-refractivity contribution in [1.82, 2.24) is 0 Å². The molecule has 0 fully saturated rings. The van der Waals surface area contributed by atoms with Crippen molar-refractivity contribution in [1.29, 1.82) is 0 Å². The molecule has 0 saturated carbocycles. The highest BCUT2D eigenvalue weighted by molar-refractivity contribution is 6.37. The van der Waals surface area contributed by atoms with Gasteiger partial charge in [-0.3, -0.25) is 0 Å². The van der Waals surface area contributed by atoms with Gasteiger partial charge < -0.3 is 0 Å². The average Bonchev–Trinajstić information content (AvgIpc) is 2.02. The molecule has 0 rings (SSSR count). The van der Waals surface area contributed by atoms with Crippen molar-refractivity contribution in [2.24, 2.45) is 0 Å². The summed E-state index contributed by atoms with van der Waals surface area (Å²) in [4.78, 5) is 0. The third kappa shape index (κ3) is 8.10. The van der Waals surface area contributed by atoms with Crippen molar-refractivity contribution >= 4 is 9.52 Å². The summed E-state index contributed by atoms with van der Waals surface area (Å²) in [7, 11) is -0.639. The zero-order chi connectivity index (χ0) is 11.0. The van der Waals surface area contributed by atoms with Crippen LogP contribution in [0, 0.1) is 0 Å². The summed E-state index contributed by atoms with van der Waals surface area (Å²) < 4.78 is 35.6. The molecular weight excluding hydrogens is 205 g/mol. The average molecular weight is 222 g/mol. The number of hydrogen-bond acceptors (Lipinski definition) is 0. The van der Waals surface area contributed by atoms with E-state index in [9.17, 15) is 13.2 Å². The monoisotopic (exact) mass is 222 g/mol. The lowest BCUT2D eigenvalue weighted by molar-refractivity contribution is -0.130. The van der Waals surface area contributed by atoms with Crippen LogP contribution in [0.1, 0.15) is 19.3 Å². The van der Waals surface area contributed by atoms with E-state index in [-0.39, 0.29) is 0 Å². The molecule has 0 spiro atoms. The van der Waals surface area contributed by atoms with Crippen LogP contribution in [-0.2, 0) is 0 Å². The number of alkyl halides is 3. The molecule has 0 saturated heterocycles. The Morgan fingerprint density at radius 3 is 2.00 bits per heavy atom. The first kappa shape index (κ1) is 13.5. The maximum absolute atomic E-state index is 11.9. The topological polar surface area (TPSA) is 0 Å². The molecule has 0 aromatic rings. The summed E-state index contributed by atoms with van der Waals surface area (Å²) in [5, 5.41) is 0. The Kier molecular flexibility index (Phi) is 6.62. The summed E-state index contributed by atoms with van der Waals surface area (Å²) >= 11 is 0. The summed E-state index contributed by atoms with van der Waals surface area (Å²) in [6.45, 7) is 7.21. The van der Waals surface area contributed by atoms with Gasteiger partial charge in [-0.25, -0.2) is 0 Å². The fourth-order valence-corrected chi connectivity index (χ4v) is 3.52. The first-order chi connectivity index (χ1) is 6.49. The van der Waals surface area contributed by atoms with E-state index in [0.29, 0.717) is 11.6 Å². The predicted molar refractivity (Wildman–Crippen MR) is 57.4 cm³/mol. The Morgan fingerprint density at radius 2 is 1.64 bits per heavy atom. The van der Waals surface area contributed by atoms with Gasteiger partial charge in [0, 0.05) is 15.9 Å². The maximum atomic E-state index is 11.9. The Balaban J connectivity index is 3.70. The third-order valence-electron chi connectivity index (χ3n) is 2.07. The van der Waals surface area contributed by atoms with Crippen LogP contribution >= 0.6 is 0 Å². The zero-order valence-electron chi connectivity index (χ0n) is 8.32. The lowest BCUT2D eigenvalue weighted by atomic mass is 10.2. The van der Waals surface area contributed by atoms with Crippen molar-refractivity contribution in [2.45, 2.75) is 37.0 Å². The highest BCUT2D eigenvalue weighted by Crippen LogP contribution is 2.24. The summed E-state index contributed by atoms with van der Waals surface area (Å²) in [6.07, 6.45) is 0.625. The minimum absolute atomic E-state index is 0.343. The molecule has 0 aliphatic carbocycles. The molecular formula is C10H17F3Si. The van der Waals surface area contributed by atoms with Gasteiger partial charge in [-0.2, -0.15) is 13.2 Å². The van der Waals surface area contributed by atoms with Gasteiger partial charge in [0.1, 0.15) is 0 Å². The normalized spacial score (nSPS) is 12.6. The van der Waals surface area contributed by atoms with Crippen LogP contribution in [0.2, 0.25) is 11.6 Å². The van der Waals surface area contributed by atoms with E-state index >= 15 is 0 Å². The second-order valence-electron chi connectivity index (χ2n) is 3.42. The molecule has 0 N–H and O–H groups in total. The molecule has 0 aromatic heterocycles. The van der Waals surface area contributed by atoms with E-state index in [1.807, 2.05) is 0 Å². The van der Waals surface area contributed by atoms with Crippen molar-refractivity contribution in [3.8, 4) is 0 Å². The minimum Gasteiger partial charge on any atom is -0.171 e.